The van der Waals surface area contributed by atoms with Gasteiger partial charge in [-0.05, 0) is 18.9 Å². The van der Waals surface area contributed by atoms with E-state index in [0.29, 0.717) is 6.04 Å². The van der Waals surface area contributed by atoms with Crippen LogP contribution in [0.1, 0.15) is 12.8 Å². The quantitative estimate of drug-likeness (QED) is 0.805. The Balaban J connectivity index is 1.46. The third-order valence-corrected chi connectivity index (χ3v) is 4.14. The van der Waals surface area contributed by atoms with Crippen LogP contribution in [0, 0.1) is 0 Å². The van der Waals surface area contributed by atoms with Gasteiger partial charge in [-0.1, -0.05) is 0 Å². The summed E-state index contributed by atoms with van der Waals surface area (Å²) < 4.78 is 1.89. The molecule has 0 bridgehead atoms. The topological polar surface area (TPSA) is 63.0 Å². The summed E-state index contributed by atoms with van der Waals surface area (Å²) in [7, 11) is 2.12. The maximum Gasteiger partial charge on any atom is 0.137 e. The van der Waals surface area contributed by atoms with Gasteiger partial charge in [0.2, 0.25) is 0 Å². The molecule has 1 aliphatic heterocycles. The highest BCUT2D eigenvalue weighted by Gasteiger charge is 2.23. The Hall–Kier alpha value is -2.02. The average molecular weight is 287 g/mol. The highest BCUT2D eigenvalue weighted by atomic mass is 15.3. The van der Waals surface area contributed by atoms with Crippen LogP contribution in [0.5, 0.6) is 0 Å². The van der Waals surface area contributed by atoms with Gasteiger partial charge in [-0.15, -0.1) is 0 Å². The Kier molecular flexibility index (Phi) is 4.40. The Morgan fingerprint density at radius 3 is 2.71 bits per heavy atom. The minimum atomic E-state index is 0.558. The van der Waals surface area contributed by atoms with E-state index in [-0.39, 0.29) is 0 Å². The lowest BCUT2D eigenvalue weighted by molar-refractivity contribution is 0.201. The van der Waals surface area contributed by atoms with Crippen molar-refractivity contribution in [1.82, 2.24) is 29.6 Å². The number of anilines is 1. The third kappa shape index (κ3) is 3.55. The van der Waals surface area contributed by atoms with Gasteiger partial charge in [0.05, 0.1) is 6.54 Å². The molecule has 3 rings (SSSR count). The second-order valence-electron chi connectivity index (χ2n) is 5.41. The summed E-state index contributed by atoms with van der Waals surface area (Å²) in [6.07, 6.45) is 9.10. The van der Waals surface area contributed by atoms with Crippen LogP contribution in [0.25, 0.3) is 0 Å². The number of hydrogen-bond donors (Lipinski definition) is 0. The van der Waals surface area contributed by atoms with Crippen molar-refractivity contribution in [3.05, 3.63) is 31.2 Å². The van der Waals surface area contributed by atoms with Gasteiger partial charge in [-0.25, -0.2) is 15.0 Å². The first-order valence-corrected chi connectivity index (χ1v) is 7.36. The van der Waals surface area contributed by atoms with Gasteiger partial charge < -0.3 is 9.80 Å². The number of nitrogens with zero attached hydrogens (tertiary/aromatic N) is 7. The normalized spacial score (nSPS) is 17.0. The summed E-state index contributed by atoms with van der Waals surface area (Å²) in [5.41, 5.74) is 0. The predicted molar refractivity (Wildman–Crippen MR) is 79.9 cm³/mol. The van der Waals surface area contributed by atoms with Crippen molar-refractivity contribution in [1.29, 1.82) is 0 Å². The smallest absolute Gasteiger partial charge is 0.137 e. The van der Waals surface area contributed by atoms with E-state index in [4.69, 9.17) is 0 Å². The lowest BCUT2D eigenvalue weighted by Crippen LogP contribution is -2.44. The van der Waals surface area contributed by atoms with Crippen molar-refractivity contribution in [3.8, 4) is 0 Å². The molecule has 0 unspecified atom stereocenters. The molecule has 0 atom stereocenters. The molecule has 2 aromatic heterocycles. The Morgan fingerprint density at radius 1 is 1.19 bits per heavy atom. The fraction of sp³-hybridized carbons (Fsp3) is 0.571. The van der Waals surface area contributed by atoms with E-state index in [1.807, 2.05) is 10.7 Å². The van der Waals surface area contributed by atoms with Gasteiger partial charge >= 0.3 is 0 Å². The van der Waals surface area contributed by atoms with Crippen LogP contribution in [0.15, 0.2) is 31.2 Å². The summed E-state index contributed by atoms with van der Waals surface area (Å²) in [5, 5.41) is 4.14. The van der Waals surface area contributed by atoms with Crippen molar-refractivity contribution in [2.45, 2.75) is 25.4 Å². The van der Waals surface area contributed by atoms with Crippen LogP contribution >= 0.6 is 0 Å². The standard InChI is InChI=1S/C14H21N7/c1-19(14-2-5-15-10-17-14)13-3-6-20(7-4-13)8-9-21-12-16-11-18-21/h2,5,10-13H,3-4,6-9H2,1H3. The molecular weight excluding hydrogens is 266 g/mol. The van der Waals surface area contributed by atoms with E-state index in [1.54, 1.807) is 25.2 Å². The minimum Gasteiger partial charge on any atom is -0.356 e. The molecule has 1 saturated heterocycles. The van der Waals surface area contributed by atoms with Crippen molar-refractivity contribution in [3.63, 3.8) is 0 Å². The Morgan fingerprint density at radius 2 is 2.05 bits per heavy atom. The van der Waals surface area contributed by atoms with Gasteiger partial charge in [-0.2, -0.15) is 5.10 Å². The zero-order chi connectivity index (χ0) is 14.5. The number of likely N-dealkylation sites (tertiary alicyclic amines) is 1. The highest BCUT2D eigenvalue weighted by Crippen LogP contribution is 2.19. The maximum absolute atomic E-state index is 4.33. The minimum absolute atomic E-state index is 0.558. The zero-order valence-electron chi connectivity index (χ0n) is 12.3. The van der Waals surface area contributed by atoms with Crippen LogP contribution in [0.2, 0.25) is 0 Å². The molecule has 3 heterocycles. The molecule has 0 aliphatic carbocycles. The highest BCUT2D eigenvalue weighted by molar-refractivity contribution is 5.36. The van der Waals surface area contributed by atoms with E-state index in [0.717, 1.165) is 44.8 Å². The summed E-state index contributed by atoms with van der Waals surface area (Å²) >= 11 is 0. The molecule has 0 saturated carbocycles. The van der Waals surface area contributed by atoms with E-state index in [1.165, 1.54) is 0 Å². The maximum atomic E-state index is 4.33. The molecule has 0 N–H and O–H groups in total. The lowest BCUT2D eigenvalue weighted by Gasteiger charge is -2.37. The van der Waals surface area contributed by atoms with E-state index in [9.17, 15) is 0 Å². The Labute approximate surface area is 124 Å². The Bertz CT molecular complexity index is 520. The molecule has 2 aromatic rings. The van der Waals surface area contributed by atoms with Gasteiger partial charge in [0.15, 0.2) is 0 Å². The molecule has 0 aromatic carbocycles. The molecule has 7 nitrogen and oxygen atoms in total. The summed E-state index contributed by atoms with van der Waals surface area (Å²) in [6, 6.07) is 2.53. The van der Waals surface area contributed by atoms with Crippen LogP contribution in [0.4, 0.5) is 5.82 Å². The molecular formula is C14H21N7. The third-order valence-electron chi connectivity index (χ3n) is 4.14. The summed E-state index contributed by atoms with van der Waals surface area (Å²) in [5.74, 6) is 1.01. The number of hydrogen-bond acceptors (Lipinski definition) is 6. The first-order chi connectivity index (χ1) is 10.3. The predicted octanol–water partition coefficient (Wildman–Crippen LogP) is 0.669. The van der Waals surface area contributed by atoms with Gasteiger partial charge in [0.25, 0.3) is 0 Å². The number of aromatic nitrogens is 5. The zero-order valence-corrected chi connectivity index (χ0v) is 12.3. The number of piperidine rings is 1. The van der Waals surface area contributed by atoms with Gasteiger partial charge in [0.1, 0.15) is 24.8 Å². The summed E-state index contributed by atoms with van der Waals surface area (Å²) in [6.45, 7) is 4.18. The van der Waals surface area contributed by atoms with Gasteiger partial charge in [-0.3, -0.25) is 4.68 Å². The molecule has 0 amide bonds. The van der Waals surface area contributed by atoms with Crippen molar-refractivity contribution < 1.29 is 0 Å². The molecule has 1 fully saturated rings. The molecule has 7 heteroatoms. The molecule has 0 radical (unpaired) electrons. The van der Waals surface area contributed by atoms with Crippen molar-refractivity contribution in [2.75, 3.05) is 31.6 Å². The van der Waals surface area contributed by atoms with E-state index < -0.39 is 0 Å². The molecule has 0 spiro atoms. The lowest BCUT2D eigenvalue weighted by atomic mass is 10.0. The van der Waals surface area contributed by atoms with Crippen LogP contribution < -0.4 is 4.90 Å². The monoisotopic (exact) mass is 287 g/mol. The molecule has 112 valence electrons. The first kappa shape index (κ1) is 13.9. The second kappa shape index (κ2) is 6.62. The van der Waals surface area contributed by atoms with Crippen LogP contribution in [-0.4, -0.2) is 62.4 Å². The van der Waals surface area contributed by atoms with Crippen molar-refractivity contribution >= 4 is 5.82 Å². The molecule has 1 aliphatic rings. The van der Waals surface area contributed by atoms with Crippen molar-refractivity contribution in [2.24, 2.45) is 0 Å². The van der Waals surface area contributed by atoms with Crippen LogP contribution in [0.3, 0.4) is 0 Å². The van der Waals surface area contributed by atoms with Crippen LogP contribution in [-0.2, 0) is 6.54 Å². The average Bonchev–Trinajstić information content (AvgIpc) is 3.07. The largest absolute Gasteiger partial charge is 0.356 e. The fourth-order valence-corrected chi connectivity index (χ4v) is 2.80. The second-order valence-corrected chi connectivity index (χ2v) is 5.41. The van der Waals surface area contributed by atoms with E-state index in [2.05, 4.69) is 36.9 Å². The molecule has 21 heavy (non-hydrogen) atoms. The fourth-order valence-electron chi connectivity index (χ4n) is 2.80. The van der Waals surface area contributed by atoms with E-state index >= 15 is 0 Å². The first-order valence-electron chi connectivity index (χ1n) is 7.36. The van der Waals surface area contributed by atoms with Gasteiger partial charge in [0, 0.05) is 38.9 Å². The summed E-state index contributed by atoms with van der Waals surface area (Å²) in [4.78, 5) is 17.0. The number of rotatable bonds is 5. The SMILES string of the molecule is CN(c1ccncn1)C1CCN(CCn2cncn2)CC1.